The van der Waals surface area contributed by atoms with Crippen LogP contribution in [-0.2, 0) is 29.6 Å². The SMILES string of the molecule is COc1cc2c(cc1OCc1ccccc1)CCN=C2Cc1cccc(OS(=O)(=O)c2ccc(C)cc2)c1. The fourth-order valence-electron chi connectivity index (χ4n) is 4.41. The zero-order valence-corrected chi connectivity index (χ0v) is 22.2. The highest BCUT2D eigenvalue weighted by atomic mass is 32.2. The minimum atomic E-state index is -3.93. The van der Waals surface area contributed by atoms with Crippen molar-refractivity contribution in [2.45, 2.75) is 31.3 Å². The molecule has 4 aromatic carbocycles. The highest BCUT2D eigenvalue weighted by molar-refractivity contribution is 7.87. The van der Waals surface area contributed by atoms with E-state index in [9.17, 15) is 8.42 Å². The Kier molecular flexibility index (Phi) is 7.47. The van der Waals surface area contributed by atoms with Crippen LogP contribution in [0.15, 0.2) is 101 Å². The molecule has 7 heteroatoms. The minimum Gasteiger partial charge on any atom is -0.493 e. The van der Waals surface area contributed by atoms with E-state index in [4.69, 9.17) is 18.6 Å². The van der Waals surface area contributed by atoms with Crippen molar-refractivity contribution in [1.82, 2.24) is 0 Å². The van der Waals surface area contributed by atoms with E-state index in [0.29, 0.717) is 31.1 Å². The van der Waals surface area contributed by atoms with Gasteiger partial charge in [-0.1, -0.05) is 60.2 Å². The molecule has 0 N–H and O–H groups in total. The molecule has 4 aromatic rings. The van der Waals surface area contributed by atoms with Gasteiger partial charge in [0.25, 0.3) is 0 Å². The maximum absolute atomic E-state index is 12.8. The van der Waals surface area contributed by atoms with Gasteiger partial charge in [-0.3, -0.25) is 4.99 Å². The summed E-state index contributed by atoms with van der Waals surface area (Å²) < 4.78 is 42.7. The van der Waals surface area contributed by atoms with Crippen LogP contribution in [0.3, 0.4) is 0 Å². The summed E-state index contributed by atoms with van der Waals surface area (Å²) >= 11 is 0. The van der Waals surface area contributed by atoms with Crippen molar-refractivity contribution >= 4 is 15.8 Å². The van der Waals surface area contributed by atoms with Crippen molar-refractivity contribution in [2.24, 2.45) is 4.99 Å². The monoisotopic (exact) mass is 527 g/mol. The lowest BCUT2D eigenvalue weighted by Gasteiger charge is -2.21. The number of methoxy groups -OCH3 is 1. The van der Waals surface area contributed by atoms with Crippen LogP contribution in [0.5, 0.6) is 17.2 Å². The van der Waals surface area contributed by atoms with E-state index in [2.05, 4.69) is 0 Å². The fraction of sp³-hybridized carbons (Fsp3) is 0.194. The second kappa shape index (κ2) is 11.1. The number of nitrogens with zero attached hydrogens (tertiary/aromatic N) is 1. The van der Waals surface area contributed by atoms with Crippen LogP contribution < -0.4 is 13.7 Å². The molecule has 0 radical (unpaired) electrons. The van der Waals surface area contributed by atoms with Crippen molar-refractivity contribution in [3.63, 3.8) is 0 Å². The molecule has 194 valence electrons. The number of benzene rings is 4. The van der Waals surface area contributed by atoms with Crippen molar-refractivity contribution in [2.75, 3.05) is 13.7 Å². The Hall–Kier alpha value is -4.10. The summed E-state index contributed by atoms with van der Waals surface area (Å²) in [5, 5.41) is 0. The van der Waals surface area contributed by atoms with Crippen molar-refractivity contribution < 1.29 is 22.1 Å². The molecule has 0 aromatic heterocycles. The maximum Gasteiger partial charge on any atom is 0.339 e. The highest BCUT2D eigenvalue weighted by Crippen LogP contribution is 2.34. The smallest absolute Gasteiger partial charge is 0.339 e. The molecule has 6 nitrogen and oxygen atoms in total. The predicted octanol–water partition coefficient (Wildman–Crippen LogP) is 5.94. The first-order valence-electron chi connectivity index (χ1n) is 12.4. The van der Waals surface area contributed by atoms with E-state index in [-0.39, 0.29) is 10.6 Å². The summed E-state index contributed by atoms with van der Waals surface area (Å²) in [4.78, 5) is 4.91. The molecule has 0 fully saturated rings. The third kappa shape index (κ3) is 5.89. The molecule has 0 atom stereocenters. The molecule has 0 bridgehead atoms. The van der Waals surface area contributed by atoms with Crippen LogP contribution in [0.2, 0.25) is 0 Å². The molecular weight excluding hydrogens is 498 g/mol. The quantitative estimate of drug-likeness (QED) is 0.252. The fourth-order valence-corrected chi connectivity index (χ4v) is 5.34. The lowest BCUT2D eigenvalue weighted by atomic mass is 9.93. The second-order valence-corrected chi connectivity index (χ2v) is 10.7. The zero-order chi connectivity index (χ0) is 26.5. The standard InChI is InChI=1S/C31H29NO5S/c1-22-11-13-27(14-12-22)38(33,34)37-26-10-6-9-24(17-26)18-29-28-20-30(35-2)31(19-25(28)15-16-32-29)36-21-23-7-4-3-5-8-23/h3-14,17,19-20H,15-16,18,21H2,1-2H3. The van der Waals surface area contributed by atoms with Gasteiger partial charge in [-0.25, -0.2) is 0 Å². The van der Waals surface area contributed by atoms with Crippen molar-refractivity contribution in [1.29, 1.82) is 0 Å². The van der Waals surface area contributed by atoms with Gasteiger partial charge >= 0.3 is 10.1 Å². The van der Waals surface area contributed by atoms with E-state index < -0.39 is 10.1 Å². The van der Waals surface area contributed by atoms with Crippen LogP contribution in [0.25, 0.3) is 0 Å². The number of aliphatic imine (C=N–C) groups is 1. The zero-order valence-electron chi connectivity index (χ0n) is 21.4. The molecule has 0 saturated heterocycles. The van der Waals surface area contributed by atoms with E-state index in [1.807, 2.05) is 55.5 Å². The van der Waals surface area contributed by atoms with Crippen LogP contribution in [0.1, 0.15) is 27.8 Å². The third-order valence-corrected chi connectivity index (χ3v) is 7.67. The van der Waals surface area contributed by atoms with Crippen LogP contribution in [-0.4, -0.2) is 27.8 Å². The molecule has 0 amide bonds. The van der Waals surface area contributed by atoms with Gasteiger partial charge in [-0.15, -0.1) is 0 Å². The van der Waals surface area contributed by atoms with E-state index in [1.54, 1.807) is 49.6 Å². The Labute approximate surface area is 223 Å². The number of fused-ring (bicyclic) bond motifs is 1. The highest BCUT2D eigenvalue weighted by Gasteiger charge is 2.20. The summed E-state index contributed by atoms with van der Waals surface area (Å²) in [5.41, 5.74) is 6.04. The molecular formula is C31H29NO5S. The first-order chi connectivity index (χ1) is 18.4. The summed E-state index contributed by atoms with van der Waals surface area (Å²) in [7, 11) is -2.30. The topological polar surface area (TPSA) is 74.2 Å². The Morgan fingerprint density at radius 1 is 0.842 bits per heavy atom. The van der Waals surface area contributed by atoms with Gasteiger partial charge in [0.15, 0.2) is 11.5 Å². The van der Waals surface area contributed by atoms with Crippen molar-refractivity contribution in [3.8, 4) is 17.2 Å². The van der Waals surface area contributed by atoms with Gasteiger partial charge < -0.3 is 13.7 Å². The molecule has 38 heavy (non-hydrogen) atoms. The third-order valence-electron chi connectivity index (χ3n) is 6.41. The Morgan fingerprint density at radius 2 is 1.61 bits per heavy atom. The normalized spacial score (nSPS) is 12.8. The Bertz CT molecular complexity index is 1560. The lowest BCUT2D eigenvalue weighted by Crippen LogP contribution is -2.16. The molecule has 5 rings (SSSR count). The Balaban J connectivity index is 1.34. The summed E-state index contributed by atoms with van der Waals surface area (Å²) in [5.74, 6) is 1.62. The number of hydrogen-bond donors (Lipinski definition) is 0. The van der Waals surface area contributed by atoms with E-state index >= 15 is 0 Å². The van der Waals surface area contributed by atoms with Gasteiger partial charge in [0, 0.05) is 24.2 Å². The van der Waals surface area contributed by atoms with Gasteiger partial charge in [-0.05, 0) is 66.4 Å². The van der Waals surface area contributed by atoms with Crippen LogP contribution in [0, 0.1) is 6.92 Å². The van der Waals surface area contributed by atoms with Crippen LogP contribution >= 0.6 is 0 Å². The summed E-state index contributed by atoms with van der Waals surface area (Å²) in [6.45, 7) is 3.03. The molecule has 1 aliphatic rings. The van der Waals surface area contributed by atoms with Gasteiger partial charge in [0.05, 0.1) is 7.11 Å². The van der Waals surface area contributed by atoms with Gasteiger partial charge in [0.2, 0.25) is 0 Å². The van der Waals surface area contributed by atoms with Gasteiger partial charge in [0.1, 0.15) is 17.3 Å². The van der Waals surface area contributed by atoms with E-state index in [0.717, 1.165) is 39.9 Å². The number of ether oxygens (including phenoxy) is 2. The minimum absolute atomic E-state index is 0.122. The summed E-state index contributed by atoms with van der Waals surface area (Å²) in [6, 6.07) is 27.8. The number of aryl methyl sites for hydroxylation is 1. The maximum atomic E-state index is 12.8. The number of hydrogen-bond acceptors (Lipinski definition) is 6. The molecule has 0 spiro atoms. The predicted molar refractivity (Wildman–Crippen MR) is 148 cm³/mol. The average molecular weight is 528 g/mol. The number of rotatable bonds is 9. The van der Waals surface area contributed by atoms with E-state index in [1.165, 1.54) is 0 Å². The summed E-state index contributed by atoms with van der Waals surface area (Å²) in [6.07, 6.45) is 1.34. The molecule has 0 aliphatic carbocycles. The second-order valence-electron chi connectivity index (χ2n) is 9.19. The first kappa shape index (κ1) is 25.5. The molecule has 1 aliphatic heterocycles. The molecule has 0 unspecified atom stereocenters. The largest absolute Gasteiger partial charge is 0.493 e. The molecule has 0 saturated carbocycles. The van der Waals surface area contributed by atoms with Crippen molar-refractivity contribution in [3.05, 3.63) is 119 Å². The van der Waals surface area contributed by atoms with Crippen LogP contribution in [0.4, 0.5) is 0 Å². The first-order valence-corrected chi connectivity index (χ1v) is 13.8. The Morgan fingerprint density at radius 3 is 2.37 bits per heavy atom. The van der Waals surface area contributed by atoms with Gasteiger partial charge in [-0.2, -0.15) is 8.42 Å². The lowest BCUT2D eigenvalue weighted by molar-refractivity contribution is 0.284. The average Bonchev–Trinajstić information content (AvgIpc) is 2.92. The molecule has 1 heterocycles.